The number of carbonyl (C=O) groups is 2. The normalized spacial score (nSPS) is 13.9. The lowest BCUT2D eigenvalue weighted by Crippen LogP contribution is -2.50. The maximum atomic E-state index is 12.6. The molecular formula is C24H25ClN4O3S. The molecule has 9 heteroatoms. The van der Waals surface area contributed by atoms with E-state index in [1.54, 1.807) is 12.1 Å². The van der Waals surface area contributed by atoms with Gasteiger partial charge in [0.25, 0.3) is 5.91 Å². The minimum atomic E-state index is -0.437. The summed E-state index contributed by atoms with van der Waals surface area (Å²) < 4.78 is 5.60. The number of amides is 2. The number of hydrogen-bond donors (Lipinski definition) is 2. The quantitative estimate of drug-likeness (QED) is 0.530. The van der Waals surface area contributed by atoms with Gasteiger partial charge in [-0.05, 0) is 36.5 Å². The lowest BCUT2D eigenvalue weighted by molar-refractivity contribution is -0.134. The second-order valence-corrected chi connectivity index (χ2v) is 8.98. The first-order chi connectivity index (χ1) is 15.8. The van der Waals surface area contributed by atoms with E-state index in [2.05, 4.69) is 15.5 Å². The predicted octanol–water partition coefficient (Wildman–Crippen LogP) is 4.52. The van der Waals surface area contributed by atoms with Crippen LogP contribution in [0.4, 0.5) is 11.4 Å². The van der Waals surface area contributed by atoms with Crippen molar-refractivity contribution in [3.8, 4) is 0 Å². The van der Waals surface area contributed by atoms with Crippen molar-refractivity contribution in [1.29, 1.82) is 0 Å². The van der Waals surface area contributed by atoms with Gasteiger partial charge in [-0.3, -0.25) is 14.9 Å². The maximum absolute atomic E-state index is 12.6. The molecule has 1 fully saturated rings. The molecule has 33 heavy (non-hydrogen) atoms. The predicted molar refractivity (Wildman–Crippen MR) is 135 cm³/mol. The molecule has 0 atom stereocenters. The highest BCUT2D eigenvalue weighted by molar-refractivity contribution is 7.80. The molecule has 2 amide bonds. The van der Waals surface area contributed by atoms with Crippen molar-refractivity contribution < 1.29 is 14.0 Å². The average molecular weight is 485 g/mol. The molecule has 1 aromatic heterocycles. The van der Waals surface area contributed by atoms with Crippen molar-refractivity contribution in [2.75, 3.05) is 36.4 Å². The van der Waals surface area contributed by atoms with Gasteiger partial charge in [0, 0.05) is 37.5 Å². The van der Waals surface area contributed by atoms with Crippen LogP contribution in [0.15, 0.2) is 52.9 Å². The van der Waals surface area contributed by atoms with Crippen LogP contribution in [-0.2, 0) is 4.79 Å². The number of furan rings is 1. The van der Waals surface area contributed by atoms with Gasteiger partial charge in [0.15, 0.2) is 10.9 Å². The van der Waals surface area contributed by atoms with Gasteiger partial charge in [-0.1, -0.05) is 49.7 Å². The van der Waals surface area contributed by atoms with Crippen molar-refractivity contribution in [2.24, 2.45) is 5.92 Å². The number of rotatable bonds is 4. The summed E-state index contributed by atoms with van der Waals surface area (Å²) in [5, 5.41) is 7.29. The van der Waals surface area contributed by atoms with Crippen LogP contribution in [0.1, 0.15) is 24.4 Å². The number of piperazine rings is 1. The van der Waals surface area contributed by atoms with Gasteiger partial charge in [0.05, 0.1) is 16.4 Å². The molecule has 172 valence electrons. The van der Waals surface area contributed by atoms with Crippen LogP contribution in [0.5, 0.6) is 0 Å². The van der Waals surface area contributed by atoms with Crippen molar-refractivity contribution in [2.45, 2.75) is 13.8 Å². The van der Waals surface area contributed by atoms with E-state index in [0.717, 1.165) is 11.1 Å². The molecule has 0 spiro atoms. The van der Waals surface area contributed by atoms with E-state index in [-0.39, 0.29) is 22.7 Å². The first kappa shape index (κ1) is 23.1. The Balaban J connectivity index is 1.44. The molecule has 0 bridgehead atoms. The van der Waals surface area contributed by atoms with Crippen LogP contribution in [0, 0.1) is 5.92 Å². The van der Waals surface area contributed by atoms with E-state index in [9.17, 15) is 9.59 Å². The SMILES string of the molecule is CC(C)C(=O)N1CCN(c2c(Cl)cccc2NC(=S)NC(=O)c2cc3ccccc3o2)CC1. The molecule has 0 aliphatic carbocycles. The topological polar surface area (TPSA) is 77.8 Å². The largest absolute Gasteiger partial charge is 0.451 e. The van der Waals surface area contributed by atoms with Gasteiger partial charge >= 0.3 is 0 Å². The van der Waals surface area contributed by atoms with Crippen LogP contribution < -0.4 is 15.5 Å². The van der Waals surface area contributed by atoms with Crippen molar-refractivity contribution in [3.63, 3.8) is 0 Å². The Morgan fingerprint density at radius 2 is 1.79 bits per heavy atom. The lowest BCUT2D eigenvalue weighted by Gasteiger charge is -2.38. The summed E-state index contributed by atoms with van der Waals surface area (Å²) in [6.07, 6.45) is 0. The van der Waals surface area contributed by atoms with Gasteiger partial charge in [-0.25, -0.2) is 0 Å². The first-order valence-electron chi connectivity index (χ1n) is 10.8. The number of hydrogen-bond acceptors (Lipinski definition) is 5. The molecule has 3 aromatic rings. The Labute approximate surface area is 202 Å². The Morgan fingerprint density at radius 3 is 2.48 bits per heavy atom. The van der Waals surface area contributed by atoms with Crippen LogP contribution in [0.25, 0.3) is 11.0 Å². The molecule has 1 aliphatic rings. The standard InChI is InChI=1S/C24H25ClN4O3S/c1-15(2)23(31)29-12-10-28(11-13-29)21-17(25)7-5-8-18(21)26-24(33)27-22(30)20-14-16-6-3-4-9-19(16)32-20/h3-9,14-15H,10-13H2,1-2H3,(H2,26,27,30,33). The van der Waals surface area contributed by atoms with Gasteiger partial charge < -0.3 is 19.5 Å². The molecule has 2 aromatic carbocycles. The number of halogens is 1. The second kappa shape index (κ2) is 9.80. The third-order valence-electron chi connectivity index (χ3n) is 5.51. The molecule has 2 heterocycles. The summed E-state index contributed by atoms with van der Waals surface area (Å²) in [5.41, 5.74) is 2.10. The summed E-state index contributed by atoms with van der Waals surface area (Å²) >= 11 is 11.9. The van der Waals surface area contributed by atoms with Crippen molar-refractivity contribution >= 4 is 63.1 Å². The van der Waals surface area contributed by atoms with Crippen molar-refractivity contribution in [1.82, 2.24) is 10.2 Å². The number of nitrogens with one attached hydrogen (secondary N) is 2. The van der Waals surface area contributed by atoms with E-state index in [1.165, 1.54) is 0 Å². The van der Waals surface area contributed by atoms with E-state index >= 15 is 0 Å². The third kappa shape index (κ3) is 5.12. The van der Waals surface area contributed by atoms with E-state index in [0.29, 0.717) is 42.5 Å². The number of fused-ring (bicyclic) bond motifs is 1. The van der Waals surface area contributed by atoms with E-state index in [1.807, 2.05) is 55.1 Å². The van der Waals surface area contributed by atoms with Crippen LogP contribution in [0.2, 0.25) is 5.02 Å². The van der Waals surface area contributed by atoms with Crippen LogP contribution in [0.3, 0.4) is 0 Å². The molecule has 7 nitrogen and oxygen atoms in total. The molecule has 4 rings (SSSR count). The highest BCUT2D eigenvalue weighted by Crippen LogP contribution is 2.34. The zero-order valence-corrected chi connectivity index (χ0v) is 20.0. The fourth-order valence-corrected chi connectivity index (χ4v) is 4.36. The highest BCUT2D eigenvalue weighted by atomic mass is 35.5. The Kier molecular flexibility index (Phi) is 6.85. The summed E-state index contributed by atoms with van der Waals surface area (Å²) in [4.78, 5) is 28.9. The van der Waals surface area contributed by atoms with Crippen LogP contribution >= 0.6 is 23.8 Å². The molecule has 1 saturated heterocycles. The molecule has 2 N–H and O–H groups in total. The smallest absolute Gasteiger partial charge is 0.293 e. The van der Waals surface area contributed by atoms with Gasteiger partial charge in [0.2, 0.25) is 5.91 Å². The number of thiocarbonyl (C=S) groups is 1. The lowest BCUT2D eigenvalue weighted by atomic mass is 10.1. The summed E-state index contributed by atoms with van der Waals surface area (Å²) in [6.45, 7) is 6.35. The second-order valence-electron chi connectivity index (χ2n) is 8.16. The number of carbonyl (C=O) groups excluding carboxylic acids is 2. The Morgan fingerprint density at radius 1 is 1.06 bits per heavy atom. The number of para-hydroxylation sites is 2. The molecular weight excluding hydrogens is 460 g/mol. The zero-order valence-electron chi connectivity index (χ0n) is 18.4. The minimum absolute atomic E-state index is 0.0261. The number of benzene rings is 2. The van der Waals surface area contributed by atoms with E-state index in [4.69, 9.17) is 28.2 Å². The minimum Gasteiger partial charge on any atom is -0.451 e. The molecule has 0 radical (unpaired) electrons. The average Bonchev–Trinajstić information content (AvgIpc) is 3.23. The number of nitrogens with zero attached hydrogens (tertiary/aromatic N) is 2. The van der Waals surface area contributed by atoms with Gasteiger partial charge in [-0.2, -0.15) is 0 Å². The number of anilines is 2. The fraction of sp³-hybridized carbons (Fsp3) is 0.292. The van der Waals surface area contributed by atoms with E-state index < -0.39 is 5.91 Å². The third-order valence-corrected chi connectivity index (χ3v) is 6.02. The fourth-order valence-electron chi connectivity index (χ4n) is 3.87. The van der Waals surface area contributed by atoms with Crippen molar-refractivity contribution in [3.05, 3.63) is 59.3 Å². The Bertz CT molecular complexity index is 1170. The summed E-state index contributed by atoms with van der Waals surface area (Å²) in [7, 11) is 0. The monoisotopic (exact) mass is 484 g/mol. The summed E-state index contributed by atoms with van der Waals surface area (Å²) in [5.74, 6) is -0.130. The maximum Gasteiger partial charge on any atom is 0.293 e. The molecule has 0 unspecified atom stereocenters. The molecule has 0 saturated carbocycles. The van der Waals surface area contributed by atoms with Gasteiger partial charge in [-0.15, -0.1) is 0 Å². The highest BCUT2D eigenvalue weighted by Gasteiger charge is 2.25. The molecule has 1 aliphatic heterocycles. The Hall–Kier alpha value is -3.10. The zero-order chi connectivity index (χ0) is 23.5. The first-order valence-corrected chi connectivity index (χ1v) is 11.6. The van der Waals surface area contributed by atoms with Gasteiger partial charge in [0.1, 0.15) is 5.58 Å². The summed E-state index contributed by atoms with van der Waals surface area (Å²) in [6, 6.07) is 14.6. The van der Waals surface area contributed by atoms with Crippen LogP contribution in [-0.4, -0.2) is 48.0 Å².